The van der Waals surface area contributed by atoms with E-state index in [-0.39, 0.29) is 13.1 Å². The second-order valence-electron chi connectivity index (χ2n) is 5.71. The number of amides is 2. The van der Waals surface area contributed by atoms with Crippen molar-refractivity contribution in [2.75, 3.05) is 13.2 Å². The highest BCUT2D eigenvalue weighted by atomic mass is 19.4. The van der Waals surface area contributed by atoms with E-state index in [1.807, 2.05) is 6.07 Å². The summed E-state index contributed by atoms with van der Waals surface area (Å²) < 4.78 is 48.4. The molecule has 0 unspecified atom stereocenters. The largest absolute Gasteiger partial charge is 0.486 e. The number of hydrogen-bond donors (Lipinski definition) is 2. The summed E-state index contributed by atoms with van der Waals surface area (Å²) in [5, 5.41) is 5.29. The maximum absolute atomic E-state index is 12.5. The minimum atomic E-state index is -4.37. The Labute approximate surface area is 148 Å². The zero-order chi connectivity index (χ0) is 18.6. The number of urea groups is 1. The molecule has 0 saturated heterocycles. The third kappa shape index (κ3) is 4.59. The Balaban J connectivity index is 1.47. The van der Waals surface area contributed by atoms with Gasteiger partial charge in [-0.05, 0) is 35.4 Å². The first-order chi connectivity index (χ1) is 12.4. The summed E-state index contributed by atoms with van der Waals surface area (Å²) in [4.78, 5) is 11.8. The summed E-state index contributed by atoms with van der Waals surface area (Å²) >= 11 is 0. The number of alkyl halides is 3. The van der Waals surface area contributed by atoms with Gasteiger partial charge in [0.2, 0.25) is 0 Å². The van der Waals surface area contributed by atoms with Gasteiger partial charge in [-0.25, -0.2) is 4.79 Å². The molecule has 3 rings (SSSR count). The van der Waals surface area contributed by atoms with Crippen molar-refractivity contribution < 1.29 is 27.4 Å². The second kappa shape index (κ2) is 7.55. The molecule has 2 N–H and O–H groups in total. The summed E-state index contributed by atoms with van der Waals surface area (Å²) in [6, 6.07) is 9.64. The van der Waals surface area contributed by atoms with Gasteiger partial charge in [-0.15, -0.1) is 0 Å². The molecule has 0 radical (unpaired) electrons. The van der Waals surface area contributed by atoms with E-state index >= 15 is 0 Å². The first-order valence-corrected chi connectivity index (χ1v) is 7.98. The average molecular weight is 366 g/mol. The monoisotopic (exact) mass is 366 g/mol. The van der Waals surface area contributed by atoms with Gasteiger partial charge in [0.25, 0.3) is 0 Å². The van der Waals surface area contributed by atoms with Crippen LogP contribution >= 0.6 is 0 Å². The van der Waals surface area contributed by atoms with E-state index in [0.29, 0.717) is 30.3 Å². The Morgan fingerprint density at radius 2 is 1.46 bits per heavy atom. The molecule has 5 nitrogen and oxygen atoms in total. The third-order valence-corrected chi connectivity index (χ3v) is 3.79. The van der Waals surface area contributed by atoms with Crippen molar-refractivity contribution in [3.63, 3.8) is 0 Å². The fourth-order valence-electron chi connectivity index (χ4n) is 2.44. The van der Waals surface area contributed by atoms with Crippen LogP contribution in [0.15, 0.2) is 42.5 Å². The van der Waals surface area contributed by atoms with Crippen molar-refractivity contribution in [2.45, 2.75) is 19.3 Å². The number of ether oxygens (including phenoxy) is 2. The normalized spacial score (nSPS) is 13.2. The molecule has 0 bridgehead atoms. The zero-order valence-electron chi connectivity index (χ0n) is 13.7. The van der Waals surface area contributed by atoms with E-state index in [0.717, 1.165) is 17.7 Å². The van der Waals surface area contributed by atoms with Crippen molar-refractivity contribution in [2.24, 2.45) is 0 Å². The molecule has 26 heavy (non-hydrogen) atoms. The summed E-state index contributed by atoms with van der Waals surface area (Å²) in [6.45, 7) is 1.41. The highest BCUT2D eigenvalue weighted by Gasteiger charge is 2.29. The Morgan fingerprint density at radius 3 is 2.12 bits per heavy atom. The molecule has 2 aromatic carbocycles. The molecule has 1 aliphatic heterocycles. The van der Waals surface area contributed by atoms with Crippen molar-refractivity contribution >= 4 is 6.03 Å². The lowest BCUT2D eigenvalue weighted by Crippen LogP contribution is -2.34. The molecule has 0 aliphatic carbocycles. The molecular weight excluding hydrogens is 349 g/mol. The zero-order valence-corrected chi connectivity index (χ0v) is 13.7. The lowest BCUT2D eigenvalue weighted by molar-refractivity contribution is -0.137. The molecule has 1 aliphatic rings. The number of benzene rings is 2. The highest BCUT2D eigenvalue weighted by Crippen LogP contribution is 2.31. The average Bonchev–Trinajstić information content (AvgIpc) is 2.64. The molecule has 2 aromatic rings. The van der Waals surface area contributed by atoms with Gasteiger partial charge in [0, 0.05) is 13.1 Å². The lowest BCUT2D eigenvalue weighted by atomic mass is 10.1. The van der Waals surface area contributed by atoms with Crippen LogP contribution < -0.4 is 20.1 Å². The predicted octanol–water partition coefficient (Wildman–Crippen LogP) is 3.48. The minimum Gasteiger partial charge on any atom is -0.486 e. The summed E-state index contributed by atoms with van der Waals surface area (Å²) in [7, 11) is 0. The van der Waals surface area contributed by atoms with E-state index in [1.165, 1.54) is 12.1 Å². The molecule has 0 aromatic heterocycles. The number of carbonyl (C=O) groups is 1. The highest BCUT2D eigenvalue weighted by molar-refractivity contribution is 5.73. The second-order valence-corrected chi connectivity index (χ2v) is 5.71. The number of rotatable bonds is 4. The maximum Gasteiger partial charge on any atom is 0.416 e. The molecule has 0 spiro atoms. The summed E-state index contributed by atoms with van der Waals surface area (Å²) in [6.07, 6.45) is -4.37. The molecular formula is C18H17F3N2O3. The number of carbonyl (C=O) groups excluding carboxylic acids is 1. The van der Waals surface area contributed by atoms with Gasteiger partial charge in [0.1, 0.15) is 13.2 Å². The fourth-order valence-corrected chi connectivity index (χ4v) is 2.44. The van der Waals surface area contributed by atoms with Crippen LogP contribution in [0.3, 0.4) is 0 Å². The lowest BCUT2D eigenvalue weighted by Gasteiger charge is -2.19. The Bertz CT molecular complexity index is 776. The molecule has 0 saturated carbocycles. The number of nitrogens with one attached hydrogen (secondary N) is 2. The van der Waals surface area contributed by atoms with Gasteiger partial charge in [-0.1, -0.05) is 18.2 Å². The number of halogens is 3. The first-order valence-electron chi connectivity index (χ1n) is 7.98. The van der Waals surface area contributed by atoms with Crippen LogP contribution in [0.4, 0.5) is 18.0 Å². The van der Waals surface area contributed by atoms with Gasteiger partial charge in [0.15, 0.2) is 11.5 Å². The van der Waals surface area contributed by atoms with Gasteiger partial charge in [-0.2, -0.15) is 13.2 Å². The van der Waals surface area contributed by atoms with Gasteiger partial charge in [0.05, 0.1) is 5.56 Å². The standard InChI is InChI=1S/C18H17F3N2O3/c19-18(20,21)14-4-1-12(2-5-14)10-22-17(24)23-11-13-3-6-15-16(9-13)26-8-7-25-15/h1-6,9H,7-8,10-11H2,(H2,22,23,24). The third-order valence-electron chi connectivity index (χ3n) is 3.79. The van der Waals surface area contributed by atoms with Crippen LogP contribution in [0.5, 0.6) is 11.5 Å². The predicted molar refractivity (Wildman–Crippen MR) is 88.0 cm³/mol. The van der Waals surface area contributed by atoms with Gasteiger partial charge < -0.3 is 20.1 Å². The molecule has 1 heterocycles. The van der Waals surface area contributed by atoms with Crippen molar-refractivity contribution in [1.29, 1.82) is 0 Å². The van der Waals surface area contributed by atoms with Crippen molar-refractivity contribution in [3.8, 4) is 11.5 Å². The molecule has 0 atom stereocenters. The number of fused-ring (bicyclic) bond motifs is 1. The molecule has 2 amide bonds. The first kappa shape index (κ1) is 17.9. The van der Waals surface area contributed by atoms with Crippen LogP contribution in [0.2, 0.25) is 0 Å². The Hall–Kier alpha value is -2.90. The van der Waals surface area contributed by atoms with E-state index in [2.05, 4.69) is 10.6 Å². The van der Waals surface area contributed by atoms with Crippen LogP contribution in [-0.2, 0) is 19.3 Å². The van der Waals surface area contributed by atoms with Crippen LogP contribution in [0.1, 0.15) is 16.7 Å². The van der Waals surface area contributed by atoms with Crippen LogP contribution in [-0.4, -0.2) is 19.2 Å². The van der Waals surface area contributed by atoms with Crippen LogP contribution in [0, 0.1) is 0 Å². The molecule has 138 valence electrons. The number of hydrogen-bond acceptors (Lipinski definition) is 3. The minimum absolute atomic E-state index is 0.130. The smallest absolute Gasteiger partial charge is 0.416 e. The summed E-state index contributed by atoms with van der Waals surface area (Å²) in [5.74, 6) is 1.31. The van der Waals surface area contributed by atoms with E-state index in [1.54, 1.807) is 12.1 Å². The summed E-state index contributed by atoms with van der Waals surface area (Å²) in [5.41, 5.74) is 0.704. The van der Waals surface area contributed by atoms with E-state index < -0.39 is 17.8 Å². The van der Waals surface area contributed by atoms with Crippen molar-refractivity contribution in [1.82, 2.24) is 10.6 Å². The van der Waals surface area contributed by atoms with E-state index in [9.17, 15) is 18.0 Å². The van der Waals surface area contributed by atoms with Crippen LogP contribution in [0.25, 0.3) is 0 Å². The van der Waals surface area contributed by atoms with Gasteiger partial charge in [-0.3, -0.25) is 0 Å². The Kier molecular flexibility index (Phi) is 5.20. The fraction of sp³-hybridized carbons (Fsp3) is 0.278. The molecule has 0 fully saturated rings. The van der Waals surface area contributed by atoms with Crippen molar-refractivity contribution in [3.05, 3.63) is 59.2 Å². The SMILES string of the molecule is O=C(NCc1ccc(C(F)(F)F)cc1)NCc1ccc2c(c1)OCCO2. The molecule has 8 heteroatoms. The topological polar surface area (TPSA) is 59.6 Å². The quantitative estimate of drug-likeness (QED) is 0.871. The maximum atomic E-state index is 12.5. The van der Waals surface area contributed by atoms with Gasteiger partial charge >= 0.3 is 12.2 Å². The Morgan fingerprint density at radius 1 is 0.885 bits per heavy atom. The van der Waals surface area contributed by atoms with E-state index in [4.69, 9.17) is 9.47 Å².